The Kier molecular flexibility index (Phi) is 4.29. The molecular formula is C18H14F3NO2. The van der Waals surface area contributed by atoms with E-state index in [9.17, 15) is 18.0 Å². The second-order valence-electron chi connectivity index (χ2n) is 5.34. The summed E-state index contributed by atoms with van der Waals surface area (Å²) in [4.78, 5) is 14.3. The third kappa shape index (κ3) is 2.87. The molecule has 0 spiro atoms. The Morgan fingerprint density at radius 3 is 2.38 bits per heavy atom. The number of esters is 1. The summed E-state index contributed by atoms with van der Waals surface area (Å²) in [7, 11) is 1.26. The average Bonchev–Trinajstić information content (AvgIpc) is 2.97. The Balaban J connectivity index is 2.19. The largest absolute Gasteiger partial charge is 0.469 e. The Hall–Kier alpha value is -2.76. The van der Waals surface area contributed by atoms with Crippen molar-refractivity contribution in [1.29, 1.82) is 0 Å². The van der Waals surface area contributed by atoms with Crippen molar-refractivity contribution in [3.63, 3.8) is 0 Å². The van der Waals surface area contributed by atoms with E-state index in [1.54, 1.807) is 0 Å². The van der Waals surface area contributed by atoms with Gasteiger partial charge in [-0.25, -0.2) is 13.2 Å². The summed E-state index contributed by atoms with van der Waals surface area (Å²) in [6.07, 6.45) is 0.188. The molecule has 124 valence electrons. The lowest BCUT2D eigenvalue weighted by Crippen LogP contribution is -2.02. The predicted octanol–water partition coefficient (Wildman–Crippen LogP) is 4.36. The molecule has 3 aromatic rings. The van der Waals surface area contributed by atoms with Gasteiger partial charge in [-0.3, -0.25) is 4.79 Å². The number of hydrogen-bond acceptors (Lipinski definition) is 2. The maximum absolute atomic E-state index is 14.3. The molecule has 0 unspecified atom stereocenters. The van der Waals surface area contributed by atoms with Gasteiger partial charge in [0.1, 0.15) is 17.5 Å². The van der Waals surface area contributed by atoms with Gasteiger partial charge in [0.05, 0.1) is 12.6 Å². The number of ether oxygens (including phenoxy) is 1. The van der Waals surface area contributed by atoms with Crippen molar-refractivity contribution in [1.82, 2.24) is 4.98 Å². The van der Waals surface area contributed by atoms with E-state index in [0.717, 1.165) is 12.1 Å². The molecule has 1 N–H and O–H groups in total. The van der Waals surface area contributed by atoms with E-state index >= 15 is 0 Å². The maximum Gasteiger partial charge on any atom is 0.305 e. The van der Waals surface area contributed by atoms with Gasteiger partial charge in [-0.15, -0.1) is 0 Å². The number of carbonyl (C=O) groups is 1. The van der Waals surface area contributed by atoms with Gasteiger partial charge in [-0.2, -0.15) is 0 Å². The van der Waals surface area contributed by atoms with E-state index in [4.69, 9.17) is 0 Å². The van der Waals surface area contributed by atoms with Crippen LogP contribution in [0.3, 0.4) is 0 Å². The van der Waals surface area contributed by atoms with E-state index < -0.39 is 23.4 Å². The smallest absolute Gasteiger partial charge is 0.305 e. The number of H-pyrrole nitrogens is 1. The van der Waals surface area contributed by atoms with Crippen LogP contribution >= 0.6 is 0 Å². The van der Waals surface area contributed by atoms with Crippen molar-refractivity contribution in [2.75, 3.05) is 7.11 Å². The lowest BCUT2D eigenvalue weighted by Gasteiger charge is -2.05. The molecule has 0 saturated heterocycles. The Morgan fingerprint density at radius 2 is 1.71 bits per heavy atom. The zero-order valence-corrected chi connectivity index (χ0v) is 12.8. The first-order valence-electron chi connectivity index (χ1n) is 7.32. The number of aromatic nitrogens is 1. The first-order valence-corrected chi connectivity index (χ1v) is 7.32. The van der Waals surface area contributed by atoms with Crippen molar-refractivity contribution in [3.8, 4) is 11.3 Å². The molecule has 1 heterocycles. The normalized spacial score (nSPS) is 11.0. The fourth-order valence-electron chi connectivity index (χ4n) is 2.74. The fourth-order valence-corrected chi connectivity index (χ4v) is 2.74. The molecular weight excluding hydrogens is 319 g/mol. The molecule has 6 heteroatoms. The minimum absolute atomic E-state index is 0.0214. The molecule has 0 saturated carbocycles. The van der Waals surface area contributed by atoms with Crippen molar-refractivity contribution in [2.45, 2.75) is 12.8 Å². The highest BCUT2D eigenvalue weighted by atomic mass is 19.1. The molecule has 1 aromatic heterocycles. The number of fused-ring (bicyclic) bond motifs is 1. The molecule has 3 rings (SSSR count). The zero-order valence-electron chi connectivity index (χ0n) is 12.8. The quantitative estimate of drug-likeness (QED) is 0.721. The minimum Gasteiger partial charge on any atom is -0.469 e. The summed E-state index contributed by atoms with van der Waals surface area (Å²) >= 11 is 0. The standard InChI is InChI=1S/C18H14F3NO2/c1-24-15(23)9-6-12-16-13(20)7-8-14(21)18(16)22-17(12)10-2-4-11(19)5-3-10/h2-5,7-8,22H,6,9H2,1H3. The molecule has 0 radical (unpaired) electrons. The van der Waals surface area contributed by atoms with E-state index in [2.05, 4.69) is 9.72 Å². The van der Waals surface area contributed by atoms with Gasteiger partial charge in [0.15, 0.2) is 0 Å². The van der Waals surface area contributed by atoms with Gasteiger partial charge in [0.2, 0.25) is 0 Å². The van der Waals surface area contributed by atoms with E-state index in [-0.39, 0.29) is 23.7 Å². The van der Waals surface area contributed by atoms with Crippen molar-refractivity contribution in [3.05, 3.63) is 59.4 Å². The number of rotatable bonds is 4. The number of nitrogens with one attached hydrogen (secondary N) is 1. The second kappa shape index (κ2) is 6.39. The van der Waals surface area contributed by atoms with Crippen LogP contribution in [0, 0.1) is 17.5 Å². The summed E-state index contributed by atoms with van der Waals surface area (Å²) in [6.45, 7) is 0. The van der Waals surface area contributed by atoms with E-state index in [0.29, 0.717) is 16.8 Å². The molecule has 0 atom stereocenters. The highest BCUT2D eigenvalue weighted by Gasteiger charge is 2.20. The van der Waals surface area contributed by atoms with Crippen molar-refractivity contribution >= 4 is 16.9 Å². The molecule has 0 fully saturated rings. The summed E-state index contributed by atoms with van der Waals surface area (Å²) in [5, 5.41) is 0.0956. The van der Waals surface area contributed by atoms with Crippen LogP contribution < -0.4 is 0 Å². The number of aryl methyl sites for hydroxylation is 1. The van der Waals surface area contributed by atoms with Crippen LogP contribution in [-0.2, 0) is 16.0 Å². The second-order valence-corrected chi connectivity index (χ2v) is 5.34. The summed E-state index contributed by atoms with van der Waals surface area (Å²) in [5.41, 5.74) is 1.51. The van der Waals surface area contributed by atoms with Gasteiger partial charge >= 0.3 is 5.97 Å². The monoisotopic (exact) mass is 333 g/mol. The van der Waals surface area contributed by atoms with Crippen molar-refractivity contribution in [2.24, 2.45) is 0 Å². The zero-order chi connectivity index (χ0) is 17.3. The average molecular weight is 333 g/mol. The molecule has 0 amide bonds. The van der Waals surface area contributed by atoms with Crippen LogP contribution in [0.15, 0.2) is 36.4 Å². The van der Waals surface area contributed by atoms with Crippen LogP contribution in [0.2, 0.25) is 0 Å². The summed E-state index contributed by atoms with van der Waals surface area (Å²) in [6, 6.07) is 7.62. The molecule has 2 aromatic carbocycles. The Labute approximate surface area is 136 Å². The number of methoxy groups -OCH3 is 1. The first kappa shape index (κ1) is 16.1. The third-order valence-electron chi connectivity index (χ3n) is 3.90. The van der Waals surface area contributed by atoms with E-state index in [1.165, 1.54) is 31.4 Å². The van der Waals surface area contributed by atoms with Gasteiger partial charge < -0.3 is 9.72 Å². The van der Waals surface area contributed by atoms with E-state index in [1.807, 2.05) is 0 Å². The number of aromatic amines is 1. The topological polar surface area (TPSA) is 42.1 Å². The van der Waals surface area contributed by atoms with Crippen LogP contribution in [0.1, 0.15) is 12.0 Å². The van der Waals surface area contributed by atoms with Gasteiger partial charge in [0, 0.05) is 17.5 Å². The van der Waals surface area contributed by atoms with Crippen LogP contribution in [0.4, 0.5) is 13.2 Å². The lowest BCUT2D eigenvalue weighted by molar-refractivity contribution is -0.140. The first-order chi connectivity index (χ1) is 11.5. The number of halogens is 3. The number of carbonyl (C=O) groups excluding carboxylic acids is 1. The number of benzene rings is 2. The molecule has 24 heavy (non-hydrogen) atoms. The van der Waals surface area contributed by atoms with Gasteiger partial charge in [-0.05, 0) is 53.9 Å². The third-order valence-corrected chi connectivity index (χ3v) is 3.90. The number of hydrogen-bond donors (Lipinski definition) is 1. The maximum atomic E-state index is 14.3. The summed E-state index contributed by atoms with van der Waals surface area (Å²) in [5.74, 6) is -2.05. The van der Waals surface area contributed by atoms with Crippen LogP contribution in [0.5, 0.6) is 0 Å². The summed E-state index contributed by atoms with van der Waals surface area (Å²) < 4.78 is 46.1. The van der Waals surface area contributed by atoms with Gasteiger partial charge in [0.25, 0.3) is 0 Å². The molecule has 0 bridgehead atoms. The molecule has 0 aliphatic rings. The van der Waals surface area contributed by atoms with Crippen LogP contribution in [0.25, 0.3) is 22.2 Å². The molecule has 0 aliphatic carbocycles. The van der Waals surface area contributed by atoms with Crippen molar-refractivity contribution < 1.29 is 22.7 Å². The highest BCUT2D eigenvalue weighted by molar-refractivity contribution is 5.92. The Bertz CT molecular complexity index is 901. The predicted molar refractivity (Wildman–Crippen MR) is 83.9 cm³/mol. The van der Waals surface area contributed by atoms with Gasteiger partial charge in [-0.1, -0.05) is 0 Å². The minimum atomic E-state index is -0.598. The highest BCUT2D eigenvalue weighted by Crippen LogP contribution is 2.34. The lowest BCUT2D eigenvalue weighted by atomic mass is 10.0. The molecule has 3 nitrogen and oxygen atoms in total. The fraction of sp³-hybridized carbons (Fsp3) is 0.167. The Morgan fingerprint density at radius 1 is 1.04 bits per heavy atom. The molecule has 0 aliphatic heterocycles. The SMILES string of the molecule is COC(=O)CCc1c(-c2ccc(F)cc2)[nH]c2c(F)ccc(F)c12. The van der Waals surface area contributed by atoms with Crippen LogP contribution in [-0.4, -0.2) is 18.1 Å².